The fourth-order valence-electron chi connectivity index (χ4n) is 3.03. The van der Waals surface area contributed by atoms with Gasteiger partial charge in [-0.25, -0.2) is 4.79 Å². The lowest BCUT2D eigenvalue weighted by molar-refractivity contribution is 0.0916. The van der Waals surface area contributed by atoms with Crippen molar-refractivity contribution in [2.24, 2.45) is 0 Å². The van der Waals surface area contributed by atoms with E-state index >= 15 is 0 Å². The highest BCUT2D eigenvalue weighted by Crippen LogP contribution is 2.20. The van der Waals surface area contributed by atoms with Gasteiger partial charge in [-0.15, -0.1) is 0 Å². The number of piperazine rings is 1. The minimum atomic E-state index is -3.45. The Hall–Kier alpha value is -0.900. The van der Waals surface area contributed by atoms with E-state index in [1.54, 1.807) is 16.1 Å². The summed E-state index contributed by atoms with van der Waals surface area (Å²) in [5.41, 5.74) is 0. The van der Waals surface area contributed by atoms with Crippen LogP contribution in [0, 0.1) is 0 Å². The summed E-state index contributed by atoms with van der Waals surface area (Å²) >= 11 is 0. The SMILES string of the molecule is CCOC(=O)N1CCN(S(=O)(=O)N2CCC[C@H](N(C)C)C2)CC1. The van der Waals surface area contributed by atoms with Gasteiger partial charge >= 0.3 is 6.09 Å². The molecular formula is C14H28N4O4S. The molecule has 23 heavy (non-hydrogen) atoms. The van der Waals surface area contributed by atoms with Crippen LogP contribution in [0.2, 0.25) is 0 Å². The van der Waals surface area contributed by atoms with Crippen LogP contribution >= 0.6 is 0 Å². The van der Waals surface area contributed by atoms with Gasteiger partial charge in [0.15, 0.2) is 0 Å². The first-order chi connectivity index (χ1) is 10.9. The van der Waals surface area contributed by atoms with Crippen molar-refractivity contribution in [3.05, 3.63) is 0 Å². The van der Waals surface area contributed by atoms with Crippen molar-refractivity contribution in [2.75, 3.05) is 60.0 Å². The molecule has 2 aliphatic rings. The van der Waals surface area contributed by atoms with Crippen LogP contribution in [0.4, 0.5) is 4.79 Å². The first-order valence-corrected chi connectivity index (χ1v) is 9.59. The average Bonchev–Trinajstić information content (AvgIpc) is 2.55. The van der Waals surface area contributed by atoms with Gasteiger partial charge < -0.3 is 14.5 Å². The molecule has 8 nitrogen and oxygen atoms in total. The van der Waals surface area contributed by atoms with Gasteiger partial charge in [-0.05, 0) is 33.9 Å². The van der Waals surface area contributed by atoms with Gasteiger partial charge in [0.25, 0.3) is 10.2 Å². The predicted octanol–water partition coefficient (Wildman–Crippen LogP) is 0.0313. The minimum Gasteiger partial charge on any atom is -0.450 e. The van der Waals surface area contributed by atoms with Crippen LogP contribution < -0.4 is 0 Å². The number of amides is 1. The molecule has 0 bridgehead atoms. The van der Waals surface area contributed by atoms with Crippen molar-refractivity contribution in [1.82, 2.24) is 18.4 Å². The third-order valence-electron chi connectivity index (χ3n) is 4.51. The highest BCUT2D eigenvalue weighted by Gasteiger charge is 2.36. The second-order valence-electron chi connectivity index (χ2n) is 6.21. The Bertz CT molecular complexity index is 503. The fourth-order valence-corrected chi connectivity index (χ4v) is 4.70. The molecule has 134 valence electrons. The van der Waals surface area contributed by atoms with Gasteiger partial charge in [0.05, 0.1) is 6.61 Å². The summed E-state index contributed by atoms with van der Waals surface area (Å²) in [7, 11) is 0.518. The molecule has 0 aromatic heterocycles. The topological polar surface area (TPSA) is 73.4 Å². The number of piperidine rings is 1. The lowest BCUT2D eigenvalue weighted by Gasteiger charge is -2.40. The second kappa shape index (κ2) is 7.78. The quantitative estimate of drug-likeness (QED) is 0.717. The third kappa shape index (κ3) is 4.34. The molecule has 0 aromatic carbocycles. The van der Waals surface area contributed by atoms with Gasteiger partial charge in [-0.1, -0.05) is 0 Å². The normalized spacial score (nSPS) is 24.9. The van der Waals surface area contributed by atoms with Gasteiger partial charge in [0.1, 0.15) is 0 Å². The average molecular weight is 348 g/mol. The molecule has 0 saturated carbocycles. The minimum absolute atomic E-state index is 0.263. The number of ether oxygens (including phenoxy) is 1. The van der Waals surface area contributed by atoms with E-state index in [1.165, 1.54) is 4.31 Å². The van der Waals surface area contributed by atoms with Crippen molar-refractivity contribution in [3.8, 4) is 0 Å². The highest BCUT2D eigenvalue weighted by molar-refractivity contribution is 7.86. The van der Waals surface area contributed by atoms with Crippen LogP contribution in [-0.4, -0.2) is 98.9 Å². The third-order valence-corrected chi connectivity index (χ3v) is 6.51. The smallest absolute Gasteiger partial charge is 0.409 e. The summed E-state index contributed by atoms with van der Waals surface area (Å²) in [6.07, 6.45) is 1.54. The van der Waals surface area contributed by atoms with Crippen LogP contribution in [0.15, 0.2) is 0 Å². The Morgan fingerprint density at radius 3 is 2.35 bits per heavy atom. The van der Waals surface area contributed by atoms with Crippen molar-refractivity contribution < 1.29 is 17.9 Å². The maximum absolute atomic E-state index is 12.8. The Morgan fingerprint density at radius 2 is 1.78 bits per heavy atom. The zero-order chi connectivity index (χ0) is 17.0. The Balaban J connectivity index is 1.95. The summed E-state index contributed by atoms with van der Waals surface area (Å²) in [6.45, 7) is 4.60. The van der Waals surface area contributed by atoms with Crippen molar-refractivity contribution in [2.45, 2.75) is 25.8 Å². The number of nitrogens with zero attached hydrogens (tertiary/aromatic N) is 4. The van der Waals surface area contributed by atoms with E-state index in [-0.39, 0.29) is 12.1 Å². The maximum Gasteiger partial charge on any atom is 0.409 e. The molecule has 0 N–H and O–H groups in total. The number of likely N-dealkylation sites (N-methyl/N-ethyl adjacent to an activating group) is 1. The van der Waals surface area contributed by atoms with Crippen LogP contribution in [0.5, 0.6) is 0 Å². The number of rotatable bonds is 4. The predicted molar refractivity (Wildman–Crippen MR) is 87.4 cm³/mol. The second-order valence-corrected chi connectivity index (χ2v) is 8.14. The summed E-state index contributed by atoms with van der Waals surface area (Å²) in [4.78, 5) is 15.3. The molecule has 0 radical (unpaired) electrons. The molecule has 1 amide bonds. The van der Waals surface area contributed by atoms with Crippen LogP contribution in [-0.2, 0) is 14.9 Å². The summed E-state index contributed by atoms with van der Waals surface area (Å²) in [5, 5.41) is 0. The Morgan fingerprint density at radius 1 is 1.13 bits per heavy atom. The van der Waals surface area contributed by atoms with E-state index < -0.39 is 10.2 Å². The first kappa shape index (κ1) is 18.4. The largest absolute Gasteiger partial charge is 0.450 e. The zero-order valence-electron chi connectivity index (χ0n) is 14.3. The van der Waals surface area contributed by atoms with E-state index in [0.717, 1.165) is 12.8 Å². The molecule has 2 rings (SSSR count). The summed E-state index contributed by atoms with van der Waals surface area (Å²) in [6, 6.07) is 0.263. The zero-order valence-corrected chi connectivity index (χ0v) is 15.1. The fraction of sp³-hybridized carbons (Fsp3) is 0.929. The molecule has 2 fully saturated rings. The van der Waals surface area contributed by atoms with E-state index in [2.05, 4.69) is 4.90 Å². The first-order valence-electron chi connectivity index (χ1n) is 8.19. The number of carbonyl (C=O) groups excluding carboxylic acids is 1. The van der Waals surface area contributed by atoms with Crippen LogP contribution in [0.1, 0.15) is 19.8 Å². The monoisotopic (exact) mass is 348 g/mol. The molecule has 2 aliphatic heterocycles. The van der Waals surface area contributed by atoms with E-state index in [1.807, 2.05) is 14.1 Å². The molecule has 0 aliphatic carbocycles. The van der Waals surface area contributed by atoms with E-state index in [9.17, 15) is 13.2 Å². The Labute approximate surface area is 139 Å². The lowest BCUT2D eigenvalue weighted by atomic mass is 10.1. The molecule has 9 heteroatoms. The van der Waals surface area contributed by atoms with Crippen molar-refractivity contribution in [3.63, 3.8) is 0 Å². The van der Waals surface area contributed by atoms with E-state index in [0.29, 0.717) is 45.9 Å². The Kier molecular flexibility index (Phi) is 6.24. The van der Waals surface area contributed by atoms with Crippen molar-refractivity contribution >= 4 is 16.3 Å². The summed E-state index contributed by atoms with van der Waals surface area (Å²) < 4.78 is 33.7. The van der Waals surface area contributed by atoms with Crippen LogP contribution in [0.3, 0.4) is 0 Å². The summed E-state index contributed by atoms with van der Waals surface area (Å²) in [5.74, 6) is 0. The van der Waals surface area contributed by atoms with E-state index in [4.69, 9.17) is 4.74 Å². The molecule has 2 heterocycles. The van der Waals surface area contributed by atoms with Gasteiger partial charge in [-0.3, -0.25) is 0 Å². The lowest BCUT2D eigenvalue weighted by Crippen LogP contribution is -2.57. The number of hydrogen-bond acceptors (Lipinski definition) is 5. The van der Waals surface area contributed by atoms with Crippen LogP contribution in [0.25, 0.3) is 0 Å². The molecule has 0 unspecified atom stereocenters. The van der Waals surface area contributed by atoms with Crippen molar-refractivity contribution in [1.29, 1.82) is 0 Å². The number of hydrogen-bond donors (Lipinski definition) is 0. The maximum atomic E-state index is 12.8. The molecule has 0 spiro atoms. The highest BCUT2D eigenvalue weighted by atomic mass is 32.2. The molecule has 0 aromatic rings. The van der Waals surface area contributed by atoms with Gasteiger partial charge in [-0.2, -0.15) is 17.0 Å². The standard InChI is InChI=1S/C14H28N4O4S/c1-4-22-14(19)16-8-10-17(11-9-16)23(20,21)18-7-5-6-13(12-18)15(2)3/h13H,4-12H2,1-3H3/t13-/m0/s1. The molecular weight excluding hydrogens is 320 g/mol. The molecule has 1 atom stereocenters. The van der Waals surface area contributed by atoms with Gasteiger partial charge in [0, 0.05) is 45.3 Å². The molecule has 2 saturated heterocycles. The number of carbonyl (C=O) groups is 1. The van der Waals surface area contributed by atoms with Gasteiger partial charge in [0.2, 0.25) is 0 Å².